The number of methoxy groups -OCH3 is 2. The van der Waals surface area contributed by atoms with E-state index >= 15 is 0 Å². The highest BCUT2D eigenvalue weighted by atomic mass is 35.5. The highest BCUT2D eigenvalue weighted by Crippen LogP contribution is 2.37. The first-order chi connectivity index (χ1) is 14.3. The Kier molecular flexibility index (Phi) is 6.74. The minimum atomic E-state index is -3.66. The molecule has 2 aromatic carbocycles. The van der Waals surface area contributed by atoms with Crippen LogP contribution in [0, 0.1) is 0 Å². The largest absolute Gasteiger partial charge is 0.497 e. The van der Waals surface area contributed by atoms with Crippen molar-refractivity contribution in [1.82, 2.24) is 9.78 Å². The lowest BCUT2D eigenvalue weighted by Gasteiger charge is -2.21. The molecule has 8 nitrogen and oxygen atoms in total. The predicted octanol–water partition coefficient (Wildman–Crippen LogP) is 3.28. The minimum absolute atomic E-state index is 0.0954. The summed E-state index contributed by atoms with van der Waals surface area (Å²) in [4.78, 5) is 0. The van der Waals surface area contributed by atoms with Crippen LogP contribution in [0.25, 0.3) is 10.9 Å². The van der Waals surface area contributed by atoms with Crippen molar-refractivity contribution in [2.75, 3.05) is 37.1 Å². The average molecular weight is 453 g/mol. The summed E-state index contributed by atoms with van der Waals surface area (Å²) >= 11 is 6.47. The monoisotopic (exact) mass is 452 g/mol. The zero-order valence-corrected chi connectivity index (χ0v) is 18.7. The maximum absolute atomic E-state index is 12.7. The third kappa shape index (κ3) is 4.63. The molecule has 0 radical (unpaired) electrons. The van der Waals surface area contributed by atoms with Crippen molar-refractivity contribution in [2.24, 2.45) is 0 Å². The fourth-order valence-corrected chi connectivity index (χ4v) is 4.29. The molecule has 0 spiro atoms. The van der Waals surface area contributed by atoms with Crippen LogP contribution in [0.3, 0.4) is 0 Å². The summed E-state index contributed by atoms with van der Waals surface area (Å²) in [6.45, 7) is 1.14. The molecule has 0 fully saturated rings. The molecule has 0 atom stereocenters. The average Bonchev–Trinajstić information content (AvgIpc) is 3.09. The van der Waals surface area contributed by atoms with Crippen molar-refractivity contribution in [3.63, 3.8) is 0 Å². The van der Waals surface area contributed by atoms with E-state index in [2.05, 4.69) is 5.10 Å². The summed E-state index contributed by atoms with van der Waals surface area (Å²) in [6, 6.07) is 10.5. The molecule has 0 unspecified atom stereocenters. The van der Waals surface area contributed by atoms with Crippen LogP contribution in [-0.4, -0.2) is 45.3 Å². The molecular weight excluding hydrogens is 428 g/mol. The van der Waals surface area contributed by atoms with E-state index in [9.17, 15) is 8.42 Å². The van der Waals surface area contributed by atoms with Gasteiger partial charge < -0.3 is 15.2 Å². The van der Waals surface area contributed by atoms with E-state index in [0.29, 0.717) is 46.9 Å². The van der Waals surface area contributed by atoms with Gasteiger partial charge in [0, 0.05) is 20.3 Å². The molecule has 3 rings (SSSR count). The third-order valence-corrected chi connectivity index (χ3v) is 6.11. The van der Waals surface area contributed by atoms with Gasteiger partial charge in [0.2, 0.25) is 10.0 Å². The van der Waals surface area contributed by atoms with E-state index in [1.54, 1.807) is 43.2 Å². The van der Waals surface area contributed by atoms with Crippen molar-refractivity contribution in [3.8, 4) is 5.75 Å². The van der Waals surface area contributed by atoms with E-state index < -0.39 is 10.0 Å². The lowest BCUT2D eigenvalue weighted by molar-refractivity contribution is 0.189. The summed E-state index contributed by atoms with van der Waals surface area (Å²) in [5, 5.41) is 5.49. The van der Waals surface area contributed by atoms with Gasteiger partial charge in [-0.2, -0.15) is 5.10 Å². The highest BCUT2D eigenvalue weighted by molar-refractivity contribution is 7.92. The summed E-state index contributed by atoms with van der Waals surface area (Å²) in [6.07, 6.45) is 1.84. The van der Waals surface area contributed by atoms with Crippen LogP contribution in [0.5, 0.6) is 5.75 Å². The first-order valence-electron chi connectivity index (χ1n) is 9.30. The number of nitrogens with zero attached hydrogens (tertiary/aromatic N) is 3. The molecule has 162 valence electrons. The molecule has 2 N–H and O–H groups in total. The molecule has 0 saturated carbocycles. The second-order valence-corrected chi connectivity index (χ2v) is 9.19. The van der Waals surface area contributed by atoms with E-state index in [0.717, 1.165) is 11.8 Å². The quantitative estimate of drug-likeness (QED) is 0.395. The number of hydrogen-bond donors (Lipinski definition) is 1. The maximum Gasteiger partial charge on any atom is 0.233 e. The molecule has 0 bridgehead atoms. The van der Waals surface area contributed by atoms with Crippen LogP contribution < -0.4 is 14.8 Å². The van der Waals surface area contributed by atoms with Gasteiger partial charge in [0.15, 0.2) is 5.82 Å². The second-order valence-electron chi connectivity index (χ2n) is 6.87. The van der Waals surface area contributed by atoms with E-state index in [4.69, 9.17) is 26.8 Å². The first-order valence-corrected chi connectivity index (χ1v) is 11.5. The maximum atomic E-state index is 12.7. The number of rotatable bonds is 9. The summed E-state index contributed by atoms with van der Waals surface area (Å²) in [5.74, 6) is 0.936. The van der Waals surface area contributed by atoms with Crippen molar-refractivity contribution in [3.05, 3.63) is 47.0 Å². The van der Waals surface area contributed by atoms with Gasteiger partial charge in [0.25, 0.3) is 0 Å². The molecular formula is C20H25ClN4O4S. The molecule has 0 aliphatic carbocycles. The molecule has 10 heteroatoms. The number of anilines is 2. The van der Waals surface area contributed by atoms with Gasteiger partial charge in [0.1, 0.15) is 5.75 Å². The van der Waals surface area contributed by atoms with Crippen LogP contribution in [0.15, 0.2) is 36.4 Å². The van der Waals surface area contributed by atoms with E-state index in [-0.39, 0.29) is 12.4 Å². The zero-order valence-electron chi connectivity index (χ0n) is 17.1. The van der Waals surface area contributed by atoms with Gasteiger partial charge in [-0.15, -0.1) is 0 Å². The Labute approximate surface area is 181 Å². The number of nitrogen functional groups attached to an aromatic ring is 1. The van der Waals surface area contributed by atoms with Crippen LogP contribution in [0.2, 0.25) is 5.02 Å². The number of nitrogens with two attached hydrogens (primary N) is 1. The summed E-state index contributed by atoms with van der Waals surface area (Å²) < 4.78 is 38.7. The molecule has 1 aromatic heterocycles. The fourth-order valence-electron chi connectivity index (χ4n) is 3.23. The standard InChI is InChI=1S/C20H25ClN4O4S/c1-28-12-4-11-24-19-17(22)10-9-16(21)18(19)20(23-24)25(30(3,26)27)13-14-5-7-15(29-2)8-6-14/h5-10H,4,11-13,22H2,1-3H3. The van der Waals surface area contributed by atoms with Crippen molar-refractivity contribution in [2.45, 2.75) is 19.5 Å². The number of halogens is 1. The Hall–Kier alpha value is -2.49. The van der Waals surface area contributed by atoms with Crippen molar-refractivity contribution >= 4 is 44.0 Å². The molecule has 30 heavy (non-hydrogen) atoms. The van der Waals surface area contributed by atoms with Gasteiger partial charge >= 0.3 is 0 Å². The lowest BCUT2D eigenvalue weighted by atomic mass is 10.2. The van der Waals surface area contributed by atoms with Gasteiger partial charge in [-0.25, -0.2) is 12.7 Å². The van der Waals surface area contributed by atoms with Gasteiger partial charge in [0.05, 0.1) is 41.5 Å². The Morgan fingerprint density at radius 3 is 2.47 bits per heavy atom. The Morgan fingerprint density at radius 1 is 1.17 bits per heavy atom. The van der Waals surface area contributed by atoms with Crippen LogP contribution in [-0.2, 0) is 27.8 Å². The Morgan fingerprint density at radius 2 is 1.87 bits per heavy atom. The molecule has 0 saturated heterocycles. The topological polar surface area (TPSA) is 99.7 Å². The smallest absolute Gasteiger partial charge is 0.233 e. The van der Waals surface area contributed by atoms with Gasteiger partial charge in [-0.05, 0) is 36.2 Å². The van der Waals surface area contributed by atoms with Crippen LogP contribution in [0.1, 0.15) is 12.0 Å². The number of sulfonamides is 1. The zero-order chi connectivity index (χ0) is 21.9. The van der Waals surface area contributed by atoms with Crippen LogP contribution in [0.4, 0.5) is 11.5 Å². The van der Waals surface area contributed by atoms with E-state index in [1.807, 2.05) is 12.1 Å². The number of ether oxygens (including phenoxy) is 2. The minimum Gasteiger partial charge on any atom is -0.497 e. The summed E-state index contributed by atoms with van der Waals surface area (Å²) in [7, 11) is -0.464. The predicted molar refractivity (Wildman–Crippen MR) is 120 cm³/mol. The SMILES string of the molecule is COCCCn1nc(N(Cc2ccc(OC)cc2)S(C)(=O)=O)c2c(Cl)ccc(N)c21. The Bertz CT molecular complexity index is 1130. The molecule has 0 amide bonds. The number of fused-ring (bicyclic) bond motifs is 1. The third-order valence-electron chi connectivity index (χ3n) is 4.70. The number of aromatic nitrogens is 2. The summed E-state index contributed by atoms with van der Waals surface area (Å²) in [5.41, 5.74) is 8.07. The van der Waals surface area contributed by atoms with Crippen molar-refractivity contribution in [1.29, 1.82) is 0 Å². The van der Waals surface area contributed by atoms with Gasteiger partial charge in [-0.1, -0.05) is 23.7 Å². The number of hydrogen-bond acceptors (Lipinski definition) is 6. The Balaban J connectivity index is 2.12. The molecule has 0 aliphatic rings. The number of aryl methyl sites for hydroxylation is 1. The first kappa shape index (κ1) is 22.2. The normalized spacial score (nSPS) is 11.7. The molecule has 1 heterocycles. The van der Waals surface area contributed by atoms with Crippen LogP contribution >= 0.6 is 11.6 Å². The lowest BCUT2D eigenvalue weighted by Crippen LogP contribution is -2.30. The number of benzene rings is 2. The van der Waals surface area contributed by atoms with Gasteiger partial charge in [-0.3, -0.25) is 4.68 Å². The molecule has 3 aromatic rings. The highest BCUT2D eigenvalue weighted by Gasteiger charge is 2.26. The van der Waals surface area contributed by atoms with E-state index in [1.165, 1.54) is 4.31 Å². The molecule has 0 aliphatic heterocycles. The van der Waals surface area contributed by atoms with Crippen molar-refractivity contribution < 1.29 is 17.9 Å². The fraction of sp³-hybridized carbons (Fsp3) is 0.350. The second kappa shape index (κ2) is 9.11.